The summed E-state index contributed by atoms with van der Waals surface area (Å²) in [5.41, 5.74) is 0.0350. The summed E-state index contributed by atoms with van der Waals surface area (Å²) in [5, 5.41) is 3.49. The average Bonchev–Trinajstić information content (AvgIpc) is 3.30. The summed E-state index contributed by atoms with van der Waals surface area (Å²) in [5.74, 6) is 1.29. The van der Waals surface area contributed by atoms with Gasteiger partial charge in [-0.2, -0.15) is 13.2 Å². The van der Waals surface area contributed by atoms with Crippen molar-refractivity contribution in [1.29, 1.82) is 0 Å². The molecule has 4 rings (SSSR count). The lowest BCUT2D eigenvalue weighted by atomic mass is 10.0. The number of ether oxygens (including phenoxy) is 2. The summed E-state index contributed by atoms with van der Waals surface area (Å²) in [4.78, 5) is 19.7. The number of hydrogen-bond donors (Lipinski definition) is 1. The SMILES string of the molecule is CCO[C@@H]1CN(c2ccccn2)C[C@H]1Nc1nc(CC)c(-c2ccc(OC)nc2C(F)(F)F)nc1CC. The van der Waals surface area contributed by atoms with Crippen LogP contribution in [0.3, 0.4) is 0 Å². The van der Waals surface area contributed by atoms with E-state index in [4.69, 9.17) is 14.5 Å². The number of pyridine rings is 2. The molecule has 1 fully saturated rings. The molecule has 37 heavy (non-hydrogen) atoms. The van der Waals surface area contributed by atoms with Crippen molar-refractivity contribution in [2.75, 3.05) is 37.0 Å². The van der Waals surface area contributed by atoms with Gasteiger partial charge in [-0.3, -0.25) is 0 Å². The van der Waals surface area contributed by atoms with Crippen LogP contribution in [0, 0.1) is 0 Å². The van der Waals surface area contributed by atoms with Gasteiger partial charge in [0.05, 0.1) is 36.3 Å². The lowest BCUT2D eigenvalue weighted by Crippen LogP contribution is -2.35. The van der Waals surface area contributed by atoms with Gasteiger partial charge in [0.25, 0.3) is 0 Å². The standard InChI is InChI=1S/C26H31F3N6O2/c1-5-17-23(16-11-12-22(36-4)34-24(16)26(27,28)29)31-18(6-2)25(32-17)33-19-14-35(15-20(19)37-7-3)21-10-8-9-13-30-21/h8-13,19-20H,5-7,14-15H2,1-4H3,(H,32,33)/t19-,20-/m1/s1. The molecule has 0 aromatic carbocycles. The third-order valence-corrected chi connectivity index (χ3v) is 6.25. The predicted octanol–water partition coefficient (Wildman–Crippen LogP) is 4.79. The third kappa shape index (κ3) is 5.76. The van der Waals surface area contributed by atoms with Gasteiger partial charge in [0.2, 0.25) is 5.88 Å². The van der Waals surface area contributed by atoms with Gasteiger partial charge in [-0.15, -0.1) is 0 Å². The zero-order chi connectivity index (χ0) is 26.6. The van der Waals surface area contributed by atoms with Crippen LogP contribution >= 0.6 is 0 Å². The van der Waals surface area contributed by atoms with Gasteiger partial charge in [0, 0.05) is 37.5 Å². The van der Waals surface area contributed by atoms with Crippen LogP contribution in [-0.2, 0) is 23.8 Å². The summed E-state index contributed by atoms with van der Waals surface area (Å²) >= 11 is 0. The quantitative estimate of drug-likeness (QED) is 0.435. The van der Waals surface area contributed by atoms with Gasteiger partial charge >= 0.3 is 6.18 Å². The van der Waals surface area contributed by atoms with E-state index in [0.29, 0.717) is 49.7 Å². The van der Waals surface area contributed by atoms with Gasteiger partial charge in [-0.25, -0.2) is 19.9 Å². The Labute approximate surface area is 214 Å². The van der Waals surface area contributed by atoms with Gasteiger partial charge in [0.1, 0.15) is 11.6 Å². The molecule has 198 valence electrons. The molecule has 1 N–H and O–H groups in total. The summed E-state index contributed by atoms with van der Waals surface area (Å²) in [7, 11) is 1.28. The number of halogens is 3. The normalized spacial score (nSPS) is 17.8. The molecule has 1 aliphatic heterocycles. The molecule has 2 atom stereocenters. The summed E-state index contributed by atoms with van der Waals surface area (Å²) < 4.78 is 52.7. The Morgan fingerprint density at radius 2 is 1.78 bits per heavy atom. The predicted molar refractivity (Wildman–Crippen MR) is 135 cm³/mol. The second-order valence-corrected chi connectivity index (χ2v) is 8.61. The molecule has 0 unspecified atom stereocenters. The zero-order valence-corrected chi connectivity index (χ0v) is 21.3. The maximum Gasteiger partial charge on any atom is 0.434 e. The van der Waals surface area contributed by atoms with E-state index in [1.54, 1.807) is 6.20 Å². The molecule has 1 aliphatic rings. The first-order valence-corrected chi connectivity index (χ1v) is 12.3. The molecule has 3 aromatic rings. The Morgan fingerprint density at radius 3 is 2.41 bits per heavy atom. The van der Waals surface area contributed by atoms with Gasteiger partial charge < -0.3 is 19.7 Å². The minimum Gasteiger partial charge on any atom is -0.481 e. The van der Waals surface area contributed by atoms with E-state index in [2.05, 4.69) is 25.2 Å². The highest BCUT2D eigenvalue weighted by Crippen LogP contribution is 2.38. The highest BCUT2D eigenvalue weighted by Gasteiger charge is 2.38. The number of aryl methyl sites for hydroxylation is 2. The van der Waals surface area contributed by atoms with Crippen molar-refractivity contribution >= 4 is 11.6 Å². The summed E-state index contributed by atoms with van der Waals surface area (Å²) in [6.45, 7) is 7.53. The minimum absolute atomic E-state index is 0.106. The van der Waals surface area contributed by atoms with E-state index in [9.17, 15) is 13.2 Å². The molecule has 8 nitrogen and oxygen atoms in total. The Balaban J connectivity index is 1.70. The molecule has 0 aliphatic carbocycles. The lowest BCUT2D eigenvalue weighted by molar-refractivity contribution is -0.140. The molecule has 0 amide bonds. The summed E-state index contributed by atoms with van der Waals surface area (Å²) in [6, 6.07) is 8.40. The Hall–Kier alpha value is -3.47. The third-order valence-electron chi connectivity index (χ3n) is 6.25. The molecule has 0 spiro atoms. The van der Waals surface area contributed by atoms with Crippen molar-refractivity contribution in [3.63, 3.8) is 0 Å². The van der Waals surface area contributed by atoms with Crippen molar-refractivity contribution in [2.24, 2.45) is 0 Å². The van der Waals surface area contributed by atoms with Crippen LogP contribution in [-0.4, -0.2) is 58.9 Å². The lowest BCUT2D eigenvalue weighted by Gasteiger charge is -2.23. The van der Waals surface area contributed by atoms with Crippen LogP contribution in [0.5, 0.6) is 5.88 Å². The molecular weight excluding hydrogens is 485 g/mol. The molecule has 3 aromatic heterocycles. The van der Waals surface area contributed by atoms with Crippen LogP contribution in [0.4, 0.5) is 24.8 Å². The van der Waals surface area contributed by atoms with E-state index in [1.165, 1.54) is 19.2 Å². The fourth-order valence-electron chi connectivity index (χ4n) is 4.49. The van der Waals surface area contributed by atoms with Crippen molar-refractivity contribution < 1.29 is 22.6 Å². The molecule has 0 bridgehead atoms. The van der Waals surface area contributed by atoms with Crippen molar-refractivity contribution in [1.82, 2.24) is 19.9 Å². The maximum absolute atomic E-state index is 13.9. The zero-order valence-electron chi connectivity index (χ0n) is 21.3. The minimum atomic E-state index is -4.68. The first-order valence-electron chi connectivity index (χ1n) is 12.3. The first kappa shape index (κ1) is 26.6. The highest BCUT2D eigenvalue weighted by molar-refractivity contribution is 5.67. The van der Waals surface area contributed by atoms with E-state index in [0.717, 1.165) is 5.82 Å². The number of methoxy groups -OCH3 is 1. The van der Waals surface area contributed by atoms with E-state index in [1.807, 2.05) is 39.0 Å². The van der Waals surface area contributed by atoms with Crippen LogP contribution in [0.15, 0.2) is 36.5 Å². The second kappa shape index (κ2) is 11.3. The van der Waals surface area contributed by atoms with Crippen LogP contribution in [0.1, 0.15) is 37.9 Å². The molecule has 11 heteroatoms. The fourth-order valence-corrected chi connectivity index (χ4v) is 4.49. The van der Waals surface area contributed by atoms with E-state index < -0.39 is 11.9 Å². The van der Waals surface area contributed by atoms with Crippen molar-refractivity contribution in [3.05, 3.63) is 53.6 Å². The molecule has 4 heterocycles. The number of rotatable bonds is 9. The Bertz CT molecular complexity index is 1210. The highest BCUT2D eigenvalue weighted by atomic mass is 19.4. The van der Waals surface area contributed by atoms with Crippen molar-refractivity contribution in [3.8, 4) is 17.1 Å². The molecule has 1 saturated heterocycles. The number of nitrogens with zero attached hydrogens (tertiary/aromatic N) is 5. The fraction of sp³-hybridized carbons (Fsp3) is 0.462. The van der Waals surface area contributed by atoms with Gasteiger partial charge in [-0.05, 0) is 38.0 Å². The number of alkyl halides is 3. The Kier molecular flexibility index (Phi) is 8.11. The molecule has 0 saturated carbocycles. The van der Waals surface area contributed by atoms with Crippen LogP contribution in [0.25, 0.3) is 11.3 Å². The number of nitrogens with one attached hydrogen (secondary N) is 1. The van der Waals surface area contributed by atoms with Gasteiger partial charge in [0.15, 0.2) is 5.69 Å². The maximum atomic E-state index is 13.9. The molecule has 0 radical (unpaired) electrons. The topological polar surface area (TPSA) is 85.3 Å². The number of hydrogen-bond acceptors (Lipinski definition) is 8. The van der Waals surface area contributed by atoms with Crippen molar-refractivity contribution in [2.45, 2.75) is 51.9 Å². The monoisotopic (exact) mass is 516 g/mol. The second-order valence-electron chi connectivity index (χ2n) is 8.61. The van der Waals surface area contributed by atoms with E-state index >= 15 is 0 Å². The number of anilines is 2. The number of aromatic nitrogens is 4. The van der Waals surface area contributed by atoms with Crippen LogP contribution < -0.4 is 15.0 Å². The smallest absolute Gasteiger partial charge is 0.434 e. The molecular formula is C26H31F3N6O2. The largest absolute Gasteiger partial charge is 0.481 e. The van der Waals surface area contributed by atoms with Gasteiger partial charge in [-0.1, -0.05) is 19.9 Å². The van der Waals surface area contributed by atoms with E-state index in [-0.39, 0.29) is 29.3 Å². The van der Waals surface area contributed by atoms with Crippen LogP contribution in [0.2, 0.25) is 0 Å². The Morgan fingerprint density at radius 1 is 1.00 bits per heavy atom. The average molecular weight is 517 g/mol. The summed E-state index contributed by atoms with van der Waals surface area (Å²) in [6.07, 6.45) is -2.17. The first-order chi connectivity index (χ1) is 17.8.